The fraction of sp³-hybridized carbons (Fsp3) is 0.259. The maximum Gasteiger partial charge on any atom is 0.249 e. The van der Waals surface area contributed by atoms with Gasteiger partial charge in [0.05, 0.1) is 26.2 Å². The molecule has 34 heavy (non-hydrogen) atoms. The molecule has 2 amide bonds. The van der Waals surface area contributed by atoms with Crippen LogP contribution in [0.3, 0.4) is 0 Å². The first-order valence-corrected chi connectivity index (χ1v) is 11.2. The summed E-state index contributed by atoms with van der Waals surface area (Å²) in [6.45, 7) is 0.504. The van der Waals surface area contributed by atoms with Gasteiger partial charge in [-0.2, -0.15) is 0 Å². The number of carbonyl (C=O) groups is 2. The monoisotopic (exact) mass is 460 g/mol. The van der Waals surface area contributed by atoms with Gasteiger partial charge in [-0.1, -0.05) is 60.7 Å². The Bertz CT molecular complexity index is 1120. The average molecular weight is 461 g/mol. The average Bonchev–Trinajstić information content (AvgIpc) is 2.86. The molecule has 0 aliphatic carbocycles. The summed E-state index contributed by atoms with van der Waals surface area (Å²) < 4.78 is 10.9. The van der Waals surface area contributed by atoms with E-state index in [4.69, 9.17) is 9.47 Å². The number of para-hydroxylation sites is 1. The van der Waals surface area contributed by atoms with Crippen molar-refractivity contribution in [1.29, 1.82) is 0 Å². The predicted octanol–water partition coefficient (Wildman–Crippen LogP) is 3.34. The minimum Gasteiger partial charge on any atom is -0.496 e. The molecule has 0 radical (unpaired) electrons. The number of aliphatic hydroxyl groups excluding tert-OH is 1. The smallest absolute Gasteiger partial charge is 0.249 e. The van der Waals surface area contributed by atoms with Crippen molar-refractivity contribution in [3.8, 4) is 5.75 Å². The number of hydrogen-bond donors (Lipinski definition) is 2. The summed E-state index contributed by atoms with van der Waals surface area (Å²) in [4.78, 5) is 26.6. The highest BCUT2D eigenvalue weighted by molar-refractivity contribution is 5.92. The number of nitrogens with one attached hydrogen (secondary N) is 1. The van der Waals surface area contributed by atoms with Crippen LogP contribution in [0, 0.1) is 0 Å². The first kappa shape index (κ1) is 23.5. The molecule has 176 valence electrons. The van der Waals surface area contributed by atoms with Crippen molar-refractivity contribution in [2.45, 2.75) is 25.1 Å². The van der Waals surface area contributed by atoms with E-state index in [2.05, 4.69) is 5.32 Å². The molecule has 0 bridgehead atoms. The lowest BCUT2D eigenvalue weighted by molar-refractivity contribution is -0.155. The SMILES string of the molecule is COc1ccccc1CN1C(=O)COCC1C(O)c1ccc(NC(=O)Cc2ccccc2)cc1. The zero-order valence-electron chi connectivity index (χ0n) is 19.0. The molecule has 1 heterocycles. The van der Waals surface area contributed by atoms with Gasteiger partial charge < -0.3 is 24.8 Å². The Morgan fingerprint density at radius 2 is 1.79 bits per heavy atom. The Morgan fingerprint density at radius 1 is 1.09 bits per heavy atom. The van der Waals surface area contributed by atoms with E-state index in [0.29, 0.717) is 23.5 Å². The number of carbonyl (C=O) groups excluding carboxylic acids is 2. The lowest BCUT2D eigenvalue weighted by Gasteiger charge is -2.38. The van der Waals surface area contributed by atoms with Crippen molar-refractivity contribution in [3.63, 3.8) is 0 Å². The van der Waals surface area contributed by atoms with Gasteiger partial charge in [0.1, 0.15) is 18.5 Å². The van der Waals surface area contributed by atoms with Gasteiger partial charge in [0.15, 0.2) is 0 Å². The van der Waals surface area contributed by atoms with Crippen molar-refractivity contribution in [3.05, 3.63) is 95.6 Å². The summed E-state index contributed by atoms with van der Waals surface area (Å²) in [5.41, 5.74) is 3.06. The summed E-state index contributed by atoms with van der Waals surface area (Å²) in [5.74, 6) is 0.380. The number of morpholine rings is 1. The number of aliphatic hydroxyl groups is 1. The van der Waals surface area contributed by atoms with Crippen LogP contribution in [0.15, 0.2) is 78.9 Å². The quantitative estimate of drug-likeness (QED) is 0.538. The number of methoxy groups -OCH3 is 1. The molecule has 1 fully saturated rings. The minimum atomic E-state index is -0.951. The molecule has 1 aliphatic rings. The molecule has 3 aromatic rings. The molecule has 0 aromatic heterocycles. The third kappa shape index (κ3) is 5.62. The molecule has 0 spiro atoms. The highest BCUT2D eigenvalue weighted by Crippen LogP contribution is 2.28. The molecule has 3 aromatic carbocycles. The molecule has 2 N–H and O–H groups in total. The highest BCUT2D eigenvalue weighted by atomic mass is 16.5. The molecule has 4 rings (SSSR count). The first-order chi connectivity index (χ1) is 16.5. The standard InChI is InChI=1S/C27H28N2O5/c1-33-24-10-6-5-9-21(24)16-29-23(17-34-18-26(29)31)27(32)20-11-13-22(14-12-20)28-25(30)15-19-7-3-2-4-8-19/h2-14,23,27,32H,15-18H2,1H3,(H,28,30). The molecule has 0 saturated carbocycles. The van der Waals surface area contributed by atoms with E-state index in [1.807, 2.05) is 54.6 Å². The van der Waals surface area contributed by atoms with E-state index in [1.165, 1.54) is 0 Å². The van der Waals surface area contributed by atoms with Crippen LogP contribution in [-0.2, 0) is 27.3 Å². The Labute approximate surface area is 198 Å². The Hall–Kier alpha value is -3.68. The summed E-state index contributed by atoms with van der Waals surface area (Å²) in [6.07, 6.45) is -0.669. The molecule has 1 aliphatic heterocycles. The normalized spacial score (nSPS) is 16.7. The van der Waals surface area contributed by atoms with Gasteiger partial charge in [-0.3, -0.25) is 9.59 Å². The van der Waals surface area contributed by atoms with Crippen LogP contribution in [0.2, 0.25) is 0 Å². The molecular formula is C27H28N2O5. The predicted molar refractivity (Wildman–Crippen MR) is 128 cm³/mol. The molecule has 7 nitrogen and oxygen atoms in total. The van der Waals surface area contributed by atoms with Gasteiger partial charge >= 0.3 is 0 Å². The van der Waals surface area contributed by atoms with Gasteiger partial charge in [0.25, 0.3) is 0 Å². The minimum absolute atomic E-state index is 0.0231. The summed E-state index contributed by atoms with van der Waals surface area (Å²) >= 11 is 0. The summed E-state index contributed by atoms with van der Waals surface area (Å²) in [7, 11) is 1.59. The third-order valence-corrected chi connectivity index (χ3v) is 5.88. The van der Waals surface area contributed by atoms with Crippen LogP contribution in [0.5, 0.6) is 5.75 Å². The fourth-order valence-corrected chi connectivity index (χ4v) is 4.08. The van der Waals surface area contributed by atoms with Crippen molar-refractivity contribution < 1.29 is 24.2 Å². The first-order valence-electron chi connectivity index (χ1n) is 11.2. The summed E-state index contributed by atoms with van der Waals surface area (Å²) in [6, 6.07) is 23.5. The van der Waals surface area contributed by atoms with Crippen LogP contribution in [0.4, 0.5) is 5.69 Å². The molecule has 2 atom stereocenters. The van der Waals surface area contributed by atoms with E-state index in [-0.39, 0.29) is 31.4 Å². The third-order valence-electron chi connectivity index (χ3n) is 5.88. The largest absolute Gasteiger partial charge is 0.496 e. The number of amides is 2. The number of rotatable bonds is 8. The van der Waals surface area contributed by atoms with Crippen molar-refractivity contribution >= 4 is 17.5 Å². The lowest BCUT2D eigenvalue weighted by Crippen LogP contribution is -2.51. The molecule has 7 heteroatoms. The summed E-state index contributed by atoms with van der Waals surface area (Å²) in [5, 5.41) is 14.0. The van der Waals surface area contributed by atoms with E-state index >= 15 is 0 Å². The van der Waals surface area contributed by atoms with Crippen LogP contribution in [0.1, 0.15) is 22.8 Å². The van der Waals surface area contributed by atoms with E-state index in [9.17, 15) is 14.7 Å². The van der Waals surface area contributed by atoms with Crippen molar-refractivity contribution in [1.82, 2.24) is 4.90 Å². The second kappa shape index (κ2) is 11.0. The number of anilines is 1. The number of ether oxygens (including phenoxy) is 2. The number of nitrogens with zero attached hydrogens (tertiary/aromatic N) is 1. The van der Waals surface area contributed by atoms with Crippen molar-refractivity contribution in [2.75, 3.05) is 25.6 Å². The zero-order chi connectivity index (χ0) is 23.9. The topological polar surface area (TPSA) is 88.1 Å². The van der Waals surface area contributed by atoms with E-state index < -0.39 is 12.1 Å². The lowest BCUT2D eigenvalue weighted by atomic mass is 9.99. The number of hydrogen-bond acceptors (Lipinski definition) is 5. The Balaban J connectivity index is 1.44. The van der Waals surface area contributed by atoms with Gasteiger partial charge in [0, 0.05) is 17.8 Å². The Kier molecular flexibility index (Phi) is 7.57. The van der Waals surface area contributed by atoms with Gasteiger partial charge in [0.2, 0.25) is 11.8 Å². The van der Waals surface area contributed by atoms with E-state index in [1.54, 1.807) is 36.3 Å². The van der Waals surface area contributed by atoms with Gasteiger partial charge in [-0.15, -0.1) is 0 Å². The van der Waals surface area contributed by atoms with E-state index in [0.717, 1.165) is 11.1 Å². The van der Waals surface area contributed by atoms with Crippen LogP contribution < -0.4 is 10.1 Å². The second-order valence-corrected chi connectivity index (χ2v) is 8.19. The zero-order valence-corrected chi connectivity index (χ0v) is 19.0. The fourth-order valence-electron chi connectivity index (χ4n) is 4.08. The van der Waals surface area contributed by atoms with Crippen LogP contribution >= 0.6 is 0 Å². The Morgan fingerprint density at radius 3 is 2.53 bits per heavy atom. The van der Waals surface area contributed by atoms with Crippen LogP contribution in [-0.4, -0.2) is 48.2 Å². The van der Waals surface area contributed by atoms with Gasteiger partial charge in [-0.25, -0.2) is 0 Å². The van der Waals surface area contributed by atoms with Crippen LogP contribution in [0.25, 0.3) is 0 Å². The number of benzene rings is 3. The molecule has 1 saturated heterocycles. The maximum atomic E-state index is 12.7. The van der Waals surface area contributed by atoms with Crippen molar-refractivity contribution in [2.24, 2.45) is 0 Å². The molecular weight excluding hydrogens is 432 g/mol. The highest BCUT2D eigenvalue weighted by Gasteiger charge is 2.35. The maximum absolute atomic E-state index is 12.7. The molecule has 2 unspecified atom stereocenters. The second-order valence-electron chi connectivity index (χ2n) is 8.19. The van der Waals surface area contributed by atoms with Gasteiger partial charge in [-0.05, 0) is 29.3 Å².